The highest BCUT2D eigenvalue weighted by molar-refractivity contribution is 7.80. The van der Waals surface area contributed by atoms with Crippen LogP contribution in [0.1, 0.15) is 49.7 Å². The molecule has 0 aromatic heterocycles. The van der Waals surface area contributed by atoms with Gasteiger partial charge in [0.2, 0.25) is 0 Å². The summed E-state index contributed by atoms with van der Waals surface area (Å²) >= 11 is 5.75. The number of benzene rings is 1. The van der Waals surface area contributed by atoms with Gasteiger partial charge < -0.3 is 14.4 Å². The quantitative estimate of drug-likeness (QED) is 0.600. The molecule has 2 heterocycles. The van der Waals surface area contributed by atoms with Crippen LogP contribution in [0.25, 0.3) is 0 Å². The lowest BCUT2D eigenvalue weighted by Gasteiger charge is -2.31. The standard InChI is InChI=1S/C20H26N2O3S/c1-24-17-10-13-9-16-19(23)22(15-7-5-3-4-6-8-15)20(26)21(16)12-14(13)11-18(17)25-2/h10-11,15-16H,3-9,12H2,1-2H3. The topological polar surface area (TPSA) is 42.0 Å². The maximum Gasteiger partial charge on any atom is 0.252 e. The highest BCUT2D eigenvalue weighted by Crippen LogP contribution is 2.38. The van der Waals surface area contributed by atoms with Crippen LogP contribution in [0.5, 0.6) is 11.5 Å². The SMILES string of the molecule is COc1cc2c(cc1OC)CN1C(=S)N(C3CCCCCC3)C(=O)C1C2. The smallest absolute Gasteiger partial charge is 0.252 e. The first kappa shape index (κ1) is 17.6. The van der Waals surface area contributed by atoms with Crippen molar-refractivity contribution in [3.63, 3.8) is 0 Å². The zero-order chi connectivity index (χ0) is 18.3. The van der Waals surface area contributed by atoms with Crippen LogP contribution in [0.2, 0.25) is 0 Å². The highest BCUT2D eigenvalue weighted by Gasteiger charge is 2.47. The van der Waals surface area contributed by atoms with Crippen LogP contribution < -0.4 is 9.47 Å². The number of fused-ring (bicyclic) bond motifs is 2. The van der Waals surface area contributed by atoms with Crippen molar-refractivity contribution >= 4 is 23.2 Å². The third kappa shape index (κ3) is 2.84. The van der Waals surface area contributed by atoms with Gasteiger partial charge in [-0.1, -0.05) is 25.7 Å². The summed E-state index contributed by atoms with van der Waals surface area (Å²) in [6.45, 7) is 0.661. The highest BCUT2D eigenvalue weighted by atomic mass is 32.1. The average Bonchev–Trinajstić information content (AvgIpc) is 2.85. The largest absolute Gasteiger partial charge is 0.493 e. The average molecular weight is 375 g/mol. The van der Waals surface area contributed by atoms with Crippen molar-refractivity contribution in [2.75, 3.05) is 14.2 Å². The molecule has 0 bridgehead atoms. The number of ether oxygens (including phenoxy) is 2. The summed E-state index contributed by atoms with van der Waals surface area (Å²) in [4.78, 5) is 17.2. The van der Waals surface area contributed by atoms with Crippen molar-refractivity contribution < 1.29 is 14.3 Å². The van der Waals surface area contributed by atoms with E-state index in [-0.39, 0.29) is 18.0 Å². The second-order valence-corrected chi connectivity index (χ2v) is 7.83. The van der Waals surface area contributed by atoms with Crippen LogP contribution in [0.15, 0.2) is 12.1 Å². The lowest BCUT2D eigenvalue weighted by atomic mass is 9.94. The molecule has 2 fully saturated rings. The summed E-state index contributed by atoms with van der Waals surface area (Å²) in [5.41, 5.74) is 2.32. The molecule has 1 saturated carbocycles. The third-order valence-corrected chi connectivity index (χ3v) is 6.43. The Balaban J connectivity index is 1.62. The van der Waals surface area contributed by atoms with Gasteiger partial charge in [0.1, 0.15) is 6.04 Å². The maximum absolute atomic E-state index is 13.2. The molecular weight excluding hydrogens is 348 g/mol. The first-order valence-corrected chi connectivity index (χ1v) is 9.92. The van der Waals surface area contributed by atoms with Crippen LogP contribution in [-0.2, 0) is 17.8 Å². The minimum atomic E-state index is -0.170. The van der Waals surface area contributed by atoms with E-state index in [0.29, 0.717) is 23.8 Å². The molecule has 1 aromatic rings. The van der Waals surface area contributed by atoms with Crippen molar-refractivity contribution in [1.82, 2.24) is 9.80 Å². The fraction of sp³-hybridized carbons (Fsp3) is 0.600. The van der Waals surface area contributed by atoms with Crippen LogP contribution in [0, 0.1) is 0 Å². The molecule has 2 aliphatic heterocycles. The Labute approximate surface area is 160 Å². The van der Waals surface area contributed by atoms with Gasteiger partial charge in [0.25, 0.3) is 5.91 Å². The number of rotatable bonds is 3. The van der Waals surface area contributed by atoms with Crippen molar-refractivity contribution in [2.45, 2.75) is 63.6 Å². The normalized spacial score (nSPS) is 23.5. The zero-order valence-corrected chi connectivity index (χ0v) is 16.3. The molecule has 0 spiro atoms. The Morgan fingerprint density at radius 3 is 2.23 bits per heavy atom. The third-order valence-electron chi connectivity index (χ3n) is 6.00. The molecule has 0 N–H and O–H groups in total. The fourth-order valence-corrected chi connectivity index (χ4v) is 5.01. The number of hydrogen-bond acceptors (Lipinski definition) is 4. The van der Waals surface area contributed by atoms with Crippen molar-refractivity contribution in [2.24, 2.45) is 0 Å². The zero-order valence-electron chi connectivity index (χ0n) is 15.5. The molecule has 4 rings (SSSR count). The number of methoxy groups -OCH3 is 2. The van der Waals surface area contributed by atoms with Gasteiger partial charge in [-0.3, -0.25) is 9.69 Å². The molecule has 1 atom stereocenters. The summed E-state index contributed by atoms with van der Waals surface area (Å²) in [5.74, 6) is 1.62. The van der Waals surface area contributed by atoms with Crippen molar-refractivity contribution in [3.8, 4) is 11.5 Å². The van der Waals surface area contributed by atoms with E-state index in [2.05, 4.69) is 4.90 Å². The van der Waals surface area contributed by atoms with Gasteiger partial charge in [-0.25, -0.2) is 0 Å². The summed E-state index contributed by atoms with van der Waals surface area (Å²) < 4.78 is 10.9. The Hall–Kier alpha value is -1.82. The van der Waals surface area contributed by atoms with Gasteiger partial charge in [0.15, 0.2) is 16.6 Å². The van der Waals surface area contributed by atoms with Gasteiger partial charge in [-0.2, -0.15) is 0 Å². The Kier molecular flexibility index (Phi) is 4.78. The van der Waals surface area contributed by atoms with Crippen LogP contribution >= 0.6 is 12.2 Å². The van der Waals surface area contributed by atoms with Gasteiger partial charge in [0, 0.05) is 19.0 Å². The Bertz CT molecular complexity index is 677. The van der Waals surface area contributed by atoms with Crippen molar-refractivity contribution in [1.29, 1.82) is 0 Å². The predicted octanol–water partition coefficient (Wildman–Crippen LogP) is 3.28. The first-order valence-electron chi connectivity index (χ1n) is 9.51. The Morgan fingerprint density at radius 1 is 1.00 bits per heavy atom. The first-order chi connectivity index (χ1) is 12.6. The molecule has 140 valence electrons. The van der Waals surface area contributed by atoms with E-state index in [9.17, 15) is 4.79 Å². The van der Waals surface area contributed by atoms with Gasteiger partial charge >= 0.3 is 0 Å². The number of thiocarbonyl (C=S) groups is 1. The number of carbonyl (C=O) groups excluding carboxylic acids is 1. The van der Waals surface area contributed by atoms with E-state index in [1.54, 1.807) is 14.2 Å². The molecular formula is C20H26N2O3S. The van der Waals surface area contributed by atoms with Crippen LogP contribution in [0.3, 0.4) is 0 Å². The molecule has 26 heavy (non-hydrogen) atoms. The molecule has 5 nitrogen and oxygen atoms in total. The second-order valence-electron chi connectivity index (χ2n) is 7.46. The summed E-state index contributed by atoms with van der Waals surface area (Å²) in [5, 5.41) is 0.715. The molecule has 1 amide bonds. The summed E-state index contributed by atoms with van der Waals surface area (Å²) in [6.07, 6.45) is 7.74. The minimum absolute atomic E-state index is 0.170. The molecule has 1 aliphatic carbocycles. The van der Waals surface area contributed by atoms with Crippen LogP contribution in [-0.4, -0.2) is 47.1 Å². The van der Waals surface area contributed by atoms with E-state index in [1.807, 2.05) is 17.0 Å². The monoisotopic (exact) mass is 374 g/mol. The van der Waals surface area contributed by atoms with E-state index >= 15 is 0 Å². The Morgan fingerprint density at radius 2 is 1.62 bits per heavy atom. The summed E-state index contributed by atoms with van der Waals surface area (Å²) in [6, 6.07) is 4.13. The fourth-order valence-electron chi connectivity index (χ4n) is 4.58. The molecule has 1 saturated heterocycles. The maximum atomic E-state index is 13.2. The molecule has 6 heteroatoms. The van der Waals surface area contributed by atoms with E-state index in [0.717, 1.165) is 29.7 Å². The number of amides is 1. The van der Waals surface area contributed by atoms with Gasteiger partial charge in [0.05, 0.1) is 14.2 Å². The van der Waals surface area contributed by atoms with Crippen LogP contribution in [0.4, 0.5) is 0 Å². The van der Waals surface area contributed by atoms with E-state index in [4.69, 9.17) is 21.7 Å². The number of hydrogen-bond donors (Lipinski definition) is 0. The number of carbonyl (C=O) groups is 1. The lowest BCUT2D eigenvalue weighted by Crippen LogP contribution is -2.40. The molecule has 0 radical (unpaired) electrons. The molecule has 1 aromatic carbocycles. The van der Waals surface area contributed by atoms with Gasteiger partial charge in [-0.05, 0) is 48.3 Å². The summed E-state index contributed by atoms with van der Waals surface area (Å²) in [7, 11) is 3.29. The van der Waals surface area contributed by atoms with E-state index < -0.39 is 0 Å². The predicted molar refractivity (Wildman–Crippen MR) is 104 cm³/mol. The number of nitrogens with zero attached hydrogens (tertiary/aromatic N) is 2. The minimum Gasteiger partial charge on any atom is -0.493 e. The van der Waals surface area contributed by atoms with E-state index in [1.165, 1.54) is 25.7 Å². The van der Waals surface area contributed by atoms with Crippen molar-refractivity contribution in [3.05, 3.63) is 23.3 Å². The second kappa shape index (κ2) is 7.06. The molecule has 3 aliphatic rings. The van der Waals surface area contributed by atoms with Gasteiger partial charge in [-0.15, -0.1) is 0 Å². The lowest BCUT2D eigenvalue weighted by molar-refractivity contribution is -0.129. The molecule has 1 unspecified atom stereocenters.